The first-order valence-corrected chi connectivity index (χ1v) is 3.40. The Balaban J connectivity index is 2.22. The molecule has 1 heterocycles. The molecule has 0 aromatic carbocycles. The molecular formula is C4H9NO2S. The van der Waals surface area contributed by atoms with Crippen molar-refractivity contribution in [1.29, 1.82) is 0 Å². The highest BCUT2D eigenvalue weighted by atomic mass is 32.2. The number of hydrogen-bond donors (Lipinski definition) is 2. The summed E-state index contributed by atoms with van der Waals surface area (Å²) in [4.78, 5) is 0. The van der Waals surface area contributed by atoms with Crippen LogP contribution >= 0.6 is 11.8 Å². The van der Waals surface area contributed by atoms with E-state index in [4.69, 9.17) is 15.6 Å². The molecule has 0 bridgehead atoms. The van der Waals surface area contributed by atoms with E-state index in [9.17, 15) is 0 Å². The van der Waals surface area contributed by atoms with Gasteiger partial charge in [0, 0.05) is 0 Å². The van der Waals surface area contributed by atoms with Crippen molar-refractivity contribution in [3.8, 4) is 0 Å². The van der Waals surface area contributed by atoms with Gasteiger partial charge in [0.2, 0.25) is 0 Å². The summed E-state index contributed by atoms with van der Waals surface area (Å²) in [7, 11) is 0. The van der Waals surface area contributed by atoms with Gasteiger partial charge in [0.25, 0.3) is 0 Å². The molecule has 3 N–H and O–H groups in total. The van der Waals surface area contributed by atoms with Crippen LogP contribution in [0.3, 0.4) is 0 Å². The van der Waals surface area contributed by atoms with Crippen LogP contribution in [0.15, 0.2) is 0 Å². The van der Waals surface area contributed by atoms with E-state index in [0.29, 0.717) is 6.61 Å². The summed E-state index contributed by atoms with van der Waals surface area (Å²) in [6.07, 6.45) is 0. The van der Waals surface area contributed by atoms with Crippen LogP contribution in [0.2, 0.25) is 0 Å². The summed E-state index contributed by atoms with van der Waals surface area (Å²) in [5.74, 6) is 0. The molecule has 1 aliphatic heterocycles. The predicted octanol–water partition coefficient (Wildman–Crippen LogP) is -0.647. The summed E-state index contributed by atoms with van der Waals surface area (Å²) in [6, 6.07) is 0. The van der Waals surface area contributed by atoms with E-state index >= 15 is 0 Å². The second-order valence-corrected chi connectivity index (χ2v) is 3.02. The minimum Gasteiger partial charge on any atom is -0.393 e. The van der Waals surface area contributed by atoms with Gasteiger partial charge in [-0.25, -0.2) is 0 Å². The Hall–Kier alpha value is 0.230. The van der Waals surface area contributed by atoms with Crippen LogP contribution in [0.1, 0.15) is 0 Å². The number of hydrogen-bond acceptors (Lipinski definition) is 4. The van der Waals surface area contributed by atoms with Crippen LogP contribution in [-0.4, -0.2) is 29.1 Å². The number of thioether (sulfide) groups is 1. The molecular weight excluding hydrogens is 126 g/mol. The van der Waals surface area contributed by atoms with Gasteiger partial charge in [0.1, 0.15) is 5.44 Å². The smallest absolute Gasteiger partial charge is 0.127 e. The van der Waals surface area contributed by atoms with Crippen molar-refractivity contribution >= 4 is 11.8 Å². The van der Waals surface area contributed by atoms with Gasteiger partial charge >= 0.3 is 0 Å². The zero-order valence-electron chi connectivity index (χ0n) is 4.41. The fraction of sp³-hybridized carbons (Fsp3) is 1.00. The fourth-order valence-corrected chi connectivity index (χ4v) is 1.36. The second kappa shape index (κ2) is 2.68. The standard InChI is InChI=1S/C4H9NO2S/c5-3-2-7-4(1-6)8-3/h3-4,6H,1-2,5H2/t3?,4-/m1/s1. The van der Waals surface area contributed by atoms with Crippen molar-refractivity contribution in [3.05, 3.63) is 0 Å². The van der Waals surface area contributed by atoms with E-state index in [0.717, 1.165) is 0 Å². The quantitative estimate of drug-likeness (QED) is 0.502. The molecule has 8 heavy (non-hydrogen) atoms. The highest BCUT2D eigenvalue weighted by Gasteiger charge is 2.21. The van der Waals surface area contributed by atoms with Crippen LogP contribution in [-0.2, 0) is 4.74 Å². The van der Waals surface area contributed by atoms with Gasteiger partial charge in [0.05, 0.1) is 18.6 Å². The summed E-state index contributed by atoms with van der Waals surface area (Å²) >= 11 is 1.47. The molecule has 1 unspecified atom stereocenters. The van der Waals surface area contributed by atoms with Gasteiger partial charge in [0.15, 0.2) is 0 Å². The average Bonchev–Trinajstić information content (AvgIpc) is 2.14. The fourth-order valence-electron chi connectivity index (χ4n) is 0.571. The van der Waals surface area contributed by atoms with Gasteiger partial charge < -0.3 is 15.6 Å². The van der Waals surface area contributed by atoms with Gasteiger partial charge in [-0.1, -0.05) is 0 Å². The number of ether oxygens (including phenoxy) is 1. The molecule has 0 aliphatic carbocycles. The largest absolute Gasteiger partial charge is 0.393 e. The molecule has 0 saturated carbocycles. The number of aliphatic hydroxyl groups excluding tert-OH is 1. The topological polar surface area (TPSA) is 55.5 Å². The van der Waals surface area contributed by atoms with Crippen molar-refractivity contribution in [2.24, 2.45) is 5.73 Å². The van der Waals surface area contributed by atoms with Crippen molar-refractivity contribution in [2.45, 2.75) is 10.8 Å². The Morgan fingerprint density at radius 1 is 1.88 bits per heavy atom. The van der Waals surface area contributed by atoms with Crippen molar-refractivity contribution in [1.82, 2.24) is 0 Å². The average molecular weight is 135 g/mol. The van der Waals surface area contributed by atoms with Crippen LogP contribution in [0, 0.1) is 0 Å². The van der Waals surface area contributed by atoms with Crippen LogP contribution in [0.25, 0.3) is 0 Å². The van der Waals surface area contributed by atoms with E-state index in [1.807, 2.05) is 0 Å². The van der Waals surface area contributed by atoms with Crippen LogP contribution in [0.4, 0.5) is 0 Å². The van der Waals surface area contributed by atoms with Gasteiger partial charge in [-0.15, -0.1) is 11.8 Å². The number of aliphatic hydroxyl groups is 1. The van der Waals surface area contributed by atoms with E-state index < -0.39 is 0 Å². The van der Waals surface area contributed by atoms with E-state index in [1.165, 1.54) is 11.8 Å². The molecule has 1 fully saturated rings. The molecule has 1 saturated heterocycles. The lowest BCUT2D eigenvalue weighted by molar-refractivity contribution is 0.0860. The van der Waals surface area contributed by atoms with Gasteiger partial charge in [-0.2, -0.15) is 0 Å². The molecule has 2 atom stereocenters. The Morgan fingerprint density at radius 2 is 2.62 bits per heavy atom. The normalized spacial score (nSPS) is 38.2. The third kappa shape index (κ3) is 1.35. The van der Waals surface area contributed by atoms with Crippen LogP contribution in [0.5, 0.6) is 0 Å². The zero-order valence-corrected chi connectivity index (χ0v) is 5.23. The Kier molecular flexibility index (Phi) is 2.13. The maximum Gasteiger partial charge on any atom is 0.127 e. The summed E-state index contributed by atoms with van der Waals surface area (Å²) in [5.41, 5.74) is 5.35. The predicted molar refractivity (Wildman–Crippen MR) is 32.4 cm³/mol. The van der Waals surface area contributed by atoms with E-state index in [1.54, 1.807) is 0 Å². The summed E-state index contributed by atoms with van der Waals surface area (Å²) in [5, 5.41) is 8.54. The van der Waals surface area contributed by atoms with E-state index in [-0.39, 0.29) is 17.4 Å². The molecule has 0 aromatic heterocycles. The molecule has 0 radical (unpaired) electrons. The third-order valence-corrected chi connectivity index (χ3v) is 2.00. The highest BCUT2D eigenvalue weighted by molar-refractivity contribution is 8.00. The molecule has 3 nitrogen and oxygen atoms in total. The second-order valence-electron chi connectivity index (χ2n) is 1.62. The third-order valence-electron chi connectivity index (χ3n) is 0.922. The van der Waals surface area contributed by atoms with E-state index in [2.05, 4.69) is 0 Å². The van der Waals surface area contributed by atoms with Crippen molar-refractivity contribution < 1.29 is 9.84 Å². The SMILES string of the molecule is NC1CO[C@@H](CO)S1. The lowest BCUT2D eigenvalue weighted by atomic mass is 10.7. The Morgan fingerprint density at radius 3 is 2.88 bits per heavy atom. The molecule has 0 amide bonds. The molecule has 1 rings (SSSR count). The summed E-state index contributed by atoms with van der Waals surface area (Å²) < 4.78 is 5.00. The first kappa shape index (κ1) is 6.35. The van der Waals surface area contributed by atoms with Crippen LogP contribution < -0.4 is 5.73 Å². The molecule has 1 aliphatic rings. The highest BCUT2D eigenvalue weighted by Crippen LogP contribution is 2.22. The van der Waals surface area contributed by atoms with Crippen molar-refractivity contribution in [2.75, 3.05) is 13.2 Å². The monoisotopic (exact) mass is 135 g/mol. The first-order chi connectivity index (χ1) is 3.83. The molecule has 0 aromatic rings. The summed E-state index contributed by atoms with van der Waals surface area (Å²) in [6.45, 7) is 0.633. The number of rotatable bonds is 1. The molecule has 4 heteroatoms. The van der Waals surface area contributed by atoms with Crippen molar-refractivity contribution in [3.63, 3.8) is 0 Å². The lowest BCUT2D eigenvalue weighted by Gasteiger charge is -2.00. The Bertz CT molecular complexity index is 80.4. The van der Waals surface area contributed by atoms with Gasteiger partial charge in [-0.05, 0) is 0 Å². The minimum absolute atomic E-state index is 0.0622. The molecule has 0 spiro atoms. The first-order valence-electron chi connectivity index (χ1n) is 2.46. The number of nitrogens with two attached hydrogens (primary N) is 1. The lowest BCUT2D eigenvalue weighted by Crippen LogP contribution is -2.14. The maximum atomic E-state index is 8.48. The zero-order chi connectivity index (χ0) is 5.98. The molecule has 48 valence electrons. The Labute approximate surface area is 52.2 Å². The maximum absolute atomic E-state index is 8.48. The minimum atomic E-state index is -0.0787. The van der Waals surface area contributed by atoms with Gasteiger partial charge in [-0.3, -0.25) is 0 Å².